The molecule has 2 rings (SSSR count). The first-order valence-corrected chi connectivity index (χ1v) is 8.90. The van der Waals surface area contributed by atoms with Crippen molar-refractivity contribution in [1.29, 1.82) is 0 Å². The summed E-state index contributed by atoms with van der Waals surface area (Å²) in [6.45, 7) is -1.09. The van der Waals surface area contributed by atoms with Crippen molar-refractivity contribution < 1.29 is 49.0 Å². The second-order valence-corrected chi connectivity index (χ2v) is 7.98. The van der Waals surface area contributed by atoms with Crippen molar-refractivity contribution in [3.05, 3.63) is 44.0 Å². The Labute approximate surface area is 173 Å². The third kappa shape index (κ3) is 3.12. The van der Waals surface area contributed by atoms with Gasteiger partial charge in [0.1, 0.15) is 6.61 Å². The highest BCUT2D eigenvalue weighted by Gasteiger charge is 3.00. The number of allylic oxidation sites excluding steroid dienone is 1. The Bertz CT molecular complexity index is 782. The van der Waals surface area contributed by atoms with Crippen LogP contribution in [0.5, 0.6) is 0 Å². The Morgan fingerprint density at radius 2 is 1.32 bits per heavy atom. The van der Waals surface area contributed by atoms with Crippen LogP contribution < -0.4 is 0 Å². The van der Waals surface area contributed by atoms with E-state index in [1.54, 1.807) is 0 Å². The summed E-state index contributed by atoms with van der Waals surface area (Å²) in [4.78, 5) is 11.7. The van der Waals surface area contributed by atoms with E-state index in [0.717, 1.165) is 22.6 Å². The van der Waals surface area contributed by atoms with Crippen molar-refractivity contribution in [2.24, 2.45) is 0 Å². The molecule has 1 aromatic carbocycles. The molecule has 0 amide bonds. The summed E-state index contributed by atoms with van der Waals surface area (Å²) in [6.07, 6.45) is -0.767. The summed E-state index contributed by atoms with van der Waals surface area (Å²) >= 11 is 4.02. The Morgan fingerprint density at radius 3 is 1.75 bits per heavy atom. The molecule has 0 aliphatic heterocycles. The number of esters is 1. The lowest BCUT2D eigenvalue weighted by Crippen LogP contribution is -2.53. The zero-order valence-corrected chi connectivity index (χ0v) is 16.8. The third-order valence-corrected chi connectivity index (χ3v) is 5.02. The van der Waals surface area contributed by atoms with Gasteiger partial charge in [-0.25, -0.2) is 9.18 Å². The minimum atomic E-state index is -6.65. The summed E-state index contributed by atoms with van der Waals surface area (Å²) in [6, 6.07) is 5.38. The van der Waals surface area contributed by atoms with Crippen LogP contribution in [0.4, 0.5) is 39.5 Å². The van der Waals surface area contributed by atoms with E-state index in [2.05, 4.69) is 20.7 Å². The second kappa shape index (κ2) is 7.06. The van der Waals surface area contributed by atoms with Crippen molar-refractivity contribution in [1.82, 2.24) is 0 Å². The third-order valence-electron chi connectivity index (χ3n) is 3.87. The number of halogens is 11. The maximum atomic E-state index is 14.3. The fourth-order valence-corrected chi connectivity index (χ4v) is 3.14. The predicted molar refractivity (Wildman–Crippen MR) is 90.2 cm³/mol. The Balaban J connectivity index is 2.29. The van der Waals surface area contributed by atoms with Crippen LogP contribution in [0.3, 0.4) is 0 Å². The normalized spacial score (nSPS) is 24.0. The van der Waals surface area contributed by atoms with Crippen molar-refractivity contribution in [2.45, 2.75) is 29.4 Å². The van der Waals surface area contributed by atoms with Crippen LogP contribution in [0.15, 0.2) is 38.4 Å². The SMILES string of the molecule is O=C(OCC(I)=CC1(F)C(F)(F)C(F)(F)C(F)(F)C1(F)F)c1ccc(Br)cc1. The number of benzene rings is 1. The lowest BCUT2D eigenvalue weighted by Gasteiger charge is -2.28. The number of carbonyl (C=O) groups is 1. The summed E-state index contributed by atoms with van der Waals surface area (Å²) in [5, 5.41) is 0. The van der Waals surface area contributed by atoms with Gasteiger partial charge in [-0.3, -0.25) is 0 Å². The molecule has 0 atom stereocenters. The molecule has 1 fully saturated rings. The van der Waals surface area contributed by atoms with E-state index in [4.69, 9.17) is 0 Å². The van der Waals surface area contributed by atoms with E-state index in [9.17, 15) is 44.3 Å². The highest BCUT2D eigenvalue weighted by Crippen LogP contribution is 2.69. The molecule has 1 aliphatic rings. The van der Waals surface area contributed by atoms with Crippen molar-refractivity contribution >= 4 is 44.5 Å². The Hall–Kier alpha value is -0.990. The number of carbonyl (C=O) groups excluding carboxylic acids is 1. The average molecular weight is 597 g/mol. The smallest absolute Gasteiger partial charge is 0.382 e. The largest absolute Gasteiger partial charge is 0.457 e. The van der Waals surface area contributed by atoms with E-state index in [-0.39, 0.29) is 5.56 Å². The number of hydrogen-bond donors (Lipinski definition) is 0. The van der Waals surface area contributed by atoms with Gasteiger partial charge in [-0.05, 0) is 52.9 Å². The summed E-state index contributed by atoms with van der Waals surface area (Å²) < 4.78 is 126. The molecule has 13 heteroatoms. The maximum Gasteiger partial charge on any atom is 0.382 e. The molecule has 1 saturated carbocycles. The van der Waals surface area contributed by atoms with Gasteiger partial charge in [-0.2, -0.15) is 35.1 Å². The van der Waals surface area contributed by atoms with E-state index >= 15 is 0 Å². The van der Waals surface area contributed by atoms with Crippen LogP contribution >= 0.6 is 38.5 Å². The molecule has 0 spiro atoms. The van der Waals surface area contributed by atoms with E-state index < -0.39 is 51.6 Å². The zero-order valence-electron chi connectivity index (χ0n) is 13.1. The van der Waals surface area contributed by atoms with Crippen molar-refractivity contribution in [2.75, 3.05) is 6.61 Å². The number of hydrogen-bond acceptors (Lipinski definition) is 2. The fraction of sp³-hybridized carbons (Fsp3) is 0.400. The van der Waals surface area contributed by atoms with Gasteiger partial charge < -0.3 is 4.74 Å². The first kappa shape index (κ1) is 23.3. The molecule has 0 bridgehead atoms. The van der Waals surface area contributed by atoms with Gasteiger partial charge in [-0.15, -0.1) is 0 Å². The molecule has 1 aromatic rings. The van der Waals surface area contributed by atoms with Crippen LogP contribution in [-0.4, -0.2) is 41.9 Å². The highest BCUT2D eigenvalue weighted by atomic mass is 127. The first-order chi connectivity index (χ1) is 12.5. The molecule has 0 N–H and O–H groups in total. The minimum Gasteiger partial charge on any atom is -0.457 e. The van der Waals surface area contributed by atoms with Gasteiger partial charge in [0.25, 0.3) is 5.67 Å². The molecular formula is C15H7BrF9IO2. The molecule has 0 heterocycles. The topological polar surface area (TPSA) is 26.3 Å². The molecule has 0 unspecified atom stereocenters. The molecule has 0 saturated heterocycles. The number of rotatable bonds is 4. The molecule has 156 valence electrons. The lowest BCUT2D eigenvalue weighted by molar-refractivity contribution is -0.303. The first-order valence-electron chi connectivity index (χ1n) is 7.03. The van der Waals surface area contributed by atoms with E-state index in [1.807, 2.05) is 0 Å². The molecule has 1 aliphatic carbocycles. The lowest BCUT2D eigenvalue weighted by atomic mass is 9.96. The standard InChI is InChI=1S/C15H7BrF9IO2/c16-8-3-1-7(2-4-8)10(27)28-6-9(26)5-11(17)12(18,19)14(22,23)15(24,25)13(11,20)21/h1-5H,6H2. The molecule has 0 aromatic heterocycles. The van der Waals surface area contributed by atoms with Crippen LogP contribution in [0.2, 0.25) is 0 Å². The van der Waals surface area contributed by atoms with Crippen molar-refractivity contribution in [3.8, 4) is 0 Å². The number of ether oxygens (including phenoxy) is 1. The van der Waals surface area contributed by atoms with Gasteiger partial charge in [0.2, 0.25) is 0 Å². The second-order valence-electron chi connectivity index (χ2n) is 5.68. The monoisotopic (exact) mass is 596 g/mol. The van der Waals surface area contributed by atoms with Crippen LogP contribution in [0, 0.1) is 0 Å². The average Bonchev–Trinajstić information content (AvgIpc) is 2.63. The summed E-state index contributed by atoms with van der Waals surface area (Å²) in [5.74, 6) is -27.2. The van der Waals surface area contributed by atoms with Gasteiger partial charge in [0.05, 0.1) is 5.56 Å². The van der Waals surface area contributed by atoms with Gasteiger partial charge in [0.15, 0.2) is 0 Å². The zero-order chi connectivity index (χ0) is 21.8. The van der Waals surface area contributed by atoms with Gasteiger partial charge in [-0.1, -0.05) is 15.9 Å². The van der Waals surface area contributed by atoms with Crippen molar-refractivity contribution in [3.63, 3.8) is 0 Å². The van der Waals surface area contributed by atoms with E-state index in [1.165, 1.54) is 24.3 Å². The predicted octanol–water partition coefficient (Wildman–Crippen LogP) is 6.19. The minimum absolute atomic E-state index is 0.0584. The quantitative estimate of drug-likeness (QED) is 0.236. The molecule has 28 heavy (non-hydrogen) atoms. The van der Waals surface area contributed by atoms with Gasteiger partial charge >= 0.3 is 29.7 Å². The molecule has 2 nitrogen and oxygen atoms in total. The molecule has 0 radical (unpaired) electrons. The van der Waals surface area contributed by atoms with Gasteiger partial charge in [0, 0.05) is 8.05 Å². The fourth-order valence-electron chi connectivity index (χ4n) is 2.29. The Morgan fingerprint density at radius 1 is 0.893 bits per heavy atom. The van der Waals surface area contributed by atoms with Crippen LogP contribution in [0.25, 0.3) is 0 Å². The highest BCUT2D eigenvalue weighted by molar-refractivity contribution is 14.1. The summed E-state index contributed by atoms with van der Waals surface area (Å²) in [7, 11) is 0. The van der Waals surface area contributed by atoms with Crippen LogP contribution in [0.1, 0.15) is 10.4 Å². The summed E-state index contributed by atoms with van der Waals surface area (Å²) in [5.41, 5.74) is -5.77. The van der Waals surface area contributed by atoms with E-state index in [0.29, 0.717) is 4.47 Å². The molecular weight excluding hydrogens is 590 g/mol. The van der Waals surface area contributed by atoms with Crippen LogP contribution in [-0.2, 0) is 4.74 Å². The maximum absolute atomic E-state index is 14.3. The Kier molecular flexibility index (Phi) is 5.87. The number of alkyl halides is 9.